The molecule has 5 rings (SSSR count). The molecule has 1 aliphatic carbocycles. The molecule has 2 fully saturated rings. The first-order chi connectivity index (χ1) is 18.3. The average Bonchev–Trinajstić information content (AvgIpc) is 3.46. The van der Waals surface area contributed by atoms with Gasteiger partial charge >= 0.3 is 0 Å². The normalized spacial score (nSPS) is 17.2. The van der Waals surface area contributed by atoms with E-state index in [1.807, 2.05) is 42.5 Å². The van der Waals surface area contributed by atoms with Crippen molar-refractivity contribution >= 4 is 11.4 Å². The molecule has 3 aromatic carbocycles. The molecule has 0 aromatic heterocycles. The molecule has 5 N–H and O–H groups in total. The molecule has 0 amide bonds. The highest BCUT2D eigenvalue weighted by molar-refractivity contribution is 5.66. The van der Waals surface area contributed by atoms with Gasteiger partial charge in [-0.05, 0) is 60.4 Å². The zero-order chi connectivity index (χ0) is 27.1. The lowest BCUT2D eigenvalue weighted by Crippen LogP contribution is -2.41. The van der Waals surface area contributed by atoms with Crippen LogP contribution in [0.2, 0.25) is 0 Å². The van der Waals surface area contributed by atoms with Gasteiger partial charge in [-0.1, -0.05) is 80.7 Å². The minimum absolute atomic E-state index is 0.0486. The van der Waals surface area contributed by atoms with E-state index in [9.17, 15) is 4.39 Å². The molecule has 6 heteroatoms. The molecular formula is C32H40FN5. The third kappa shape index (κ3) is 6.75. The number of nitrogen functional groups attached to an aromatic ring is 1. The Kier molecular flexibility index (Phi) is 8.74. The molecule has 1 saturated heterocycles. The number of halogens is 1. The van der Waals surface area contributed by atoms with E-state index in [-0.39, 0.29) is 17.3 Å². The Morgan fingerprint density at radius 2 is 1.68 bits per heavy atom. The lowest BCUT2D eigenvalue weighted by molar-refractivity contribution is 0.338. The minimum Gasteiger partial charge on any atom is -0.397 e. The van der Waals surface area contributed by atoms with Crippen LogP contribution in [0, 0.1) is 5.82 Å². The highest BCUT2D eigenvalue weighted by atomic mass is 19.1. The first-order valence-electron chi connectivity index (χ1n) is 13.3. The van der Waals surface area contributed by atoms with Crippen molar-refractivity contribution in [1.29, 1.82) is 0 Å². The number of nitrogens with one attached hydrogen (secondary N) is 1. The summed E-state index contributed by atoms with van der Waals surface area (Å²) in [4.78, 5) is 2.30. The fourth-order valence-corrected chi connectivity index (χ4v) is 4.97. The maximum Gasteiger partial charge on any atom is 0.126 e. The zero-order valence-corrected chi connectivity index (χ0v) is 22.4. The predicted octanol–water partition coefficient (Wildman–Crippen LogP) is 6.11. The number of benzene rings is 3. The molecule has 1 aliphatic heterocycles. The van der Waals surface area contributed by atoms with E-state index in [0.29, 0.717) is 12.2 Å². The molecule has 1 atom stereocenters. The zero-order valence-electron chi connectivity index (χ0n) is 22.4. The molecule has 5 nitrogen and oxygen atoms in total. The van der Waals surface area contributed by atoms with Gasteiger partial charge in [-0.25, -0.2) is 10.2 Å². The van der Waals surface area contributed by atoms with Crippen LogP contribution in [-0.4, -0.2) is 24.0 Å². The SMILES string of the molecule is C=C(NCc1ccccc1)C1CCCN1C(=C)CN(N)c1ccccc1N.CC1(c2ccccc2F)CC1. The molecule has 0 spiro atoms. The van der Waals surface area contributed by atoms with Crippen molar-refractivity contribution in [3.05, 3.63) is 120 Å². The average molecular weight is 514 g/mol. The standard InChI is InChI=1S/C22H29N5.C10H11F/c1-17(16-27(24)22-12-7-6-11-20(22)23)26-14-8-13-21(26)18(2)25-15-19-9-4-3-5-10-19;1-10(6-7-10)8-4-2-3-5-9(8)11/h3-7,9-12,21,25H,1-2,8,13-16,23-24H2;2-5H,6-7H2,1H3. The van der Waals surface area contributed by atoms with Gasteiger partial charge in [-0.2, -0.15) is 0 Å². The van der Waals surface area contributed by atoms with E-state index in [1.165, 1.54) is 5.56 Å². The quantitative estimate of drug-likeness (QED) is 0.183. The van der Waals surface area contributed by atoms with Crippen molar-refractivity contribution in [3.8, 4) is 0 Å². The molecule has 1 saturated carbocycles. The highest BCUT2D eigenvalue weighted by Crippen LogP contribution is 2.48. The number of nitrogens with zero attached hydrogens (tertiary/aromatic N) is 2. The summed E-state index contributed by atoms with van der Waals surface area (Å²) in [6.07, 6.45) is 4.45. The number of likely N-dealkylation sites (tertiary alicyclic amines) is 1. The Hall–Kier alpha value is -3.77. The highest BCUT2D eigenvalue weighted by Gasteiger charge is 2.40. The van der Waals surface area contributed by atoms with E-state index < -0.39 is 0 Å². The van der Waals surface area contributed by atoms with Gasteiger partial charge in [0.25, 0.3) is 0 Å². The Labute approximate surface area is 226 Å². The monoisotopic (exact) mass is 513 g/mol. The topological polar surface area (TPSA) is 70.5 Å². The second kappa shape index (κ2) is 12.2. The number of hydrazine groups is 1. The third-order valence-corrected chi connectivity index (χ3v) is 7.55. The van der Waals surface area contributed by atoms with Gasteiger partial charge in [0, 0.05) is 24.5 Å². The maximum atomic E-state index is 13.1. The van der Waals surface area contributed by atoms with Gasteiger partial charge in [0.1, 0.15) is 5.82 Å². The van der Waals surface area contributed by atoms with Crippen LogP contribution in [0.4, 0.5) is 15.8 Å². The second-order valence-corrected chi connectivity index (χ2v) is 10.5. The van der Waals surface area contributed by atoms with E-state index in [1.54, 1.807) is 17.1 Å². The van der Waals surface area contributed by atoms with Gasteiger partial charge in [-0.3, -0.25) is 0 Å². The molecule has 38 heavy (non-hydrogen) atoms. The van der Waals surface area contributed by atoms with Crippen molar-refractivity contribution in [2.24, 2.45) is 5.84 Å². The number of rotatable bonds is 9. The summed E-state index contributed by atoms with van der Waals surface area (Å²) >= 11 is 0. The van der Waals surface area contributed by atoms with Gasteiger partial charge < -0.3 is 21.0 Å². The van der Waals surface area contributed by atoms with Crippen LogP contribution in [0.1, 0.15) is 43.7 Å². The summed E-state index contributed by atoms with van der Waals surface area (Å²) in [6, 6.07) is 25.3. The minimum atomic E-state index is -0.0486. The number of nitrogens with two attached hydrogens (primary N) is 2. The smallest absolute Gasteiger partial charge is 0.126 e. The molecule has 0 radical (unpaired) electrons. The maximum absolute atomic E-state index is 13.1. The third-order valence-electron chi connectivity index (χ3n) is 7.55. The van der Waals surface area contributed by atoms with Crippen LogP contribution in [0.25, 0.3) is 0 Å². The fourth-order valence-electron chi connectivity index (χ4n) is 4.97. The van der Waals surface area contributed by atoms with Gasteiger partial charge in [0.05, 0.1) is 24.0 Å². The van der Waals surface area contributed by atoms with E-state index in [4.69, 9.17) is 11.6 Å². The van der Waals surface area contributed by atoms with Crippen LogP contribution in [0.15, 0.2) is 103 Å². The van der Waals surface area contributed by atoms with Gasteiger partial charge in [0.2, 0.25) is 0 Å². The molecule has 0 bridgehead atoms. The van der Waals surface area contributed by atoms with Crippen molar-refractivity contribution < 1.29 is 4.39 Å². The van der Waals surface area contributed by atoms with Crippen molar-refractivity contribution in [1.82, 2.24) is 10.2 Å². The summed E-state index contributed by atoms with van der Waals surface area (Å²) in [5.74, 6) is 6.20. The lowest BCUT2D eigenvalue weighted by Gasteiger charge is -2.33. The molecule has 200 valence electrons. The summed E-state index contributed by atoms with van der Waals surface area (Å²) < 4.78 is 13.1. The van der Waals surface area contributed by atoms with Crippen LogP contribution >= 0.6 is 0 Å². The predicted molar refractivity (Wildman–Crippen MR) is 157 cm³/mol. The Morgan fingerprint density at radius 3 is 2.37 bits per heavy atom. The summed E-state index contributed by atoms with van der Waals surface area (Å²) in [5, 5.41) is 5.14. The van der Waals surface area contributed by atoms with E-state index in [0.717, 1.165) is 61.4 Å². The molecule has 1 unspecified atom stereocenters. The lowest BCUT2D eigenvalue weighted by atomic mass is 9.98. The van der Waals surface area contributed by atoms with E-state index in [2.05, 4.69) is 54.6 Å². The van der Waals surface area contributed by atoms with Crippen molar-refractivity contribution in [3.63, 3.8) is 0 Å². The summed E-state index contributed by atoms with van der Waals surface area (Å²) in [7, 11) is 0. The van der Waals surface area contributed by atoms with Gasteiger partial charge in [0.15, 0.2) is 0 Å². The second-order valence-electron chi connectivity index (χ2n) is 10.5. The van der Waals surface area contributed by atoms with Crippen LogP contribution in [-0.2, 0) is 12.0 Å². The largest absolute Gasteiger partial charge is 0.397 e. The summed E-state index contributed by atoms with van der Waals surface area (Å²) in [6.45, 7) is 12.9. The molecule has 3 aromatic rings. The number of hydrogen-bond acceptors (Lipinski definition) is 5. The van der Waals surface area contributed by atoms with Crippen LogP contribution in [0.5, 0.6) is 0 Å². The number of anilines is 2. The number of hydrogen-bond donors (Lipinski definition) is 3. The van der Waals surface area contributed by atoms with Crippen molar-refractivity contribution in [2.75, 3.05) is 23.8 Å². The Balaban J connectivity index is 0.000000253. The number of para-hydroxylation sites is 2. The Bertz CT molecular complexity index is 1240. The summed E-state index contributed by atoms with van der Waals surface area (Å²) in [5.41, 5.74) is 11.8. The first kappa shape index (κ1) is 27.3. The van der Waals surface area contributed by atoms with Crippen LogP contribution < -0.4 is 21.9 Å². The van der Waals surface area contributed by atoms with Gasteiger partial charge in [-0.15, -0.1) is 0 Å². The Morgan fingerprint density at radius 1 is 1.03 bits per heavy atom. The molecular weight excluding hydrogens is 473 g/mol. The fraction of sp³-hybridized carbons (Fsp3) is 0.312. The van der Waals surface area contributed by atoms with Crippen LogP contribution in [0.3, 0.4) is 0 Å². The molecule has 1 heterocycles. The molecule has 2 aliphatic rings. The first-order valence-corrected chi connectivity index (χ1v) is 13.3. The van der Waals surface area contributed by atoms with E-state index >= 15 is 0 Å². The van der Waals surface area contributed by atoms with Crippen molar-refractivity contribution in [2.45, 2.75) is 50.6 Å².